The molecule has 0 aliphatic carbocycles. The predicted octanol–water partition coefficient (Wildman–Crippen LogP) is 1.44. The Bertz CT molecular complexity index is 614. The van der Waals surface area contributed by atoms with Crippen LogP contribution in [0.3, 0.4) is 0 Å². The van der Waals surface area contributed by atoms with Crippen molar-refractivity contribution in [2.45, 2.75) is 6.92 Å². The first kappa shape index (κ1) is 11.1. The van der Waals surface area contributed by atoms with Gasteiger partial charge in [-0.1, -0.05) is 29.8 Å². The van der Waals surface area contributed by atoms with Crippen LogP contribution >= 0.6 is 0 Å². The van der Waals surface area contributed by atoms with Crippen molar-refractivity contribution in [2.24, 2.45) is 0 Å². The van der Waals surface area contributed by atoms with Crippen LogP contribution in [0, 0.1) is 6.92 Å². The second kappa shape index (κ2) is 4.21. The van der Waals surface area contributed by atoms with E-state index in [4.69, 9.17) is 5.11 Å². The van der Waals surface area contributed by atoms with Gasteiger partial charge in [-0.05, 0) is 12.5 Å². The highest BCUT2D eigenvalue weighted by Gasteiger charge is 2.14. The van der Waals surface area contributed by atoms with Crippen LogP contribution in [0.1, 0.15) is 16.1 Å². The molecule has 1 heterocycles. The molecule has 0 spiro atoms. The lowest BCUT2D eigenvalue weighted by atomic mass is 10.1. The van der Waals surface area contributed by atoms with Crippen molar-refractivity contribution >= 4 is 5.97 Å². The van der Waals surface area contributed by atoms with Gasteiger partial charge in [0.2, 0.25) is 11.1 Å². The number of hydrogen-bond acceptors (Lipinski definition) is 3. The molecule has 17 heavy (non-hydrogen) atoms. The maximum absolute atomic E-state index is 11.8. The number of hydrogen-bond donors (Lipinski definition) is 2. The van der Waals surface area contributed by atoms with Gasteiger partial charge < -0.3 is 5.11 Å². The van der Waals surface area contributed by atoms with Crippen molar-refractivity contribution in [3.05, 3.63) is 51.9 Å². The maximum Gasteiger partial charge on any atom is 0.360 e. The monoisotopic (exact) mass is 230 g/mol. The van der Waals surface area contributed by atoms with E-state index in [1.807, 2.05) is 19.1 Å². The molecule has 0 fully saturated rings. The number of aromatic carboxylic acids is 1. The summed E-state index contributed by atoms with van der Waals surface area (Å²) in [6, 6.07) is 7.25. The van der Waals surface area contributed by atoms with Crippen LogP contribution in [0.25, 0.3) is 11.1 Å². The predicted molar refractivity (Wildman–Crippen MR) is 62.0 cm³/mol. The summed E-state index contributed by atoms with van der Waals surface area (Å²) < 4.78 is 0. The number of rotatable bonds is 2. The SMILES string of the molecule is Cc1ccc(-c2c[nH]nc(C(=O)O)c2=O)cc1. The lowest BCUT2D eigenvalue weighted by Gasteiger charge is -2.01. The van der Waals surface area contributed by atoms with Gasteiger partial charge in [0, 0.05) is 11.8 Å². The average molecular weight is 230 g/mol. The first-order valence-electron chi connectivity index (χ1n) is 4.98. The summed E-state index contributed by atoms with van der Waals surface area (Å²) in [6.07, 6.45) is 1.40. The molecule has 0 aliphatic heterocycles. The van der Waals surface area contributed by atoms with Crippen LogP contribution in [0.2, 0.25) is 0 Å². The molecule has 0 aliphatic rings. The third-order valence-electron chi connectivity index (χ3n) is 2.41. The van der Waals surface area contributed by atoms with E-state index in [-0.39, 0.29) is 0 Å². The molecule has 0 saturated carbocycles. The lowest BCUT2D eigenvalue weighted by molar-refractivity contribution is 0.0687. The Balaban J connectivity index is 2.61. The highest BCUT2D eigenvalue weighted by atomic mass is 16.4. The number of carboxylic acids is 1. The van der Waals surface area contributed by atoms with Gasteiger partial charge in [-0.25, -0.2) is 4.79 Å². The third-order valence-corrected chi connectivity index (χ3v) is 2.41. The van der Waals surface area contributed by atoms with E-state index in [1.54, 1.807) is 12.1 Å². The largest absolute Gasteiger partial charge is 0.476 e. The van der Waals surface area contributed by atoms with Crippen molar-refractivity contribution in [1.82, 2.24) is 10.2 Å². The number of H-pyrrole nitrogens is 1. The Morgan fingerprint density at radius 2 is 1.94 bits per heavy atom. The Hall–Kier alpha value is -2.43. The van der Waals surface area contributed by atoms with E-state index < -0.39 is 17.1 Å². The Kier molecular flexibility index (Phi) is 2.74. The molecule has 0 bridgehead atoms. The minimum absolute atomic E-state index is 0.303. The van der Waals surface area contributed by atoms with E-state index in [9.17, 15) is 9.59 Å². The third kappa shape index (κ3) is 2.08. The van der Waals surface area contributed by atoms with Crippen LogP contribution in [-0.2, 0) is 0 Å². The summed E-state index contributed by atoms with van der Waals surface area (Å²) in [5, 5.41) is 14.7. The van der Waals surface area contributed by atoms with Crippen molar-refractivity contribution < 1.29 is 9.90 Å². The van der Waals surface area contributed by atoms with Crippen molar-refractivity contribution in [3.63, 3.8) is 0 Å². The zero-order chi connectivity index (χ0) is 12.4. The molecule has 2 N–H and O–H groups in total. The molecule has 86 valence electrons. The quantitative estimate of drug-likeness (QED) is 0.817. The van der Waals surface area contributed by atoms with Crippen molar-refractivity contribution in [2.75, 3.05) is 0 Å². The van der Waals surface area contributed by atoms with Gasteiger partial charge in [0.1, 0.15) is 0 Å². The molecule has 2 aromatic rings. The summed E-state index contributed by atoms with van der Waals surface area (Å²) in [5.74, 6) is -1.33. The number of aromatic nitrogens is 2. The molecule has 5 heteroatoms. The number of nitrogens with one attached hydrogen (secondary N) is 1. The first-order chi connectivity index (χ1) is 8.09. The van der Waals surface area contributed by atoms with E-state index in [0.29, 0.717) is 11.1 Å². The van der Waals surface area contributed by atoms with Gasteiger partial charge in [0.05, 0.1) is 0 Å². The van der Waals surface area contributed by atoms with Crippen LogP contribution in [0.15, 0.2) is 35.3 Å². The molecule has 1 aromatic heterocycles. The molecule has 1 aromatic carbocycles. The van der Waals surface area contributed by atoms with Gasteiger partial charge in [0.25, 0.3) is 0 Å². The van der Waals surface area contributed by atoms with Crippen LogP contribution in [0.5, 0.6) is 0 Å². The van der Waals surface area contributed by atoms with E-state index in [1.165, 1.54) is 6.20 Å². The standard InChI is InChI=1S/C12H10N2O3/c1-7-2-4-8(5-3-7)9-6-13-14-10(11(9)15)12(16)17/h2-6H,1H3,(H,13,15)(H,16,17). The van der Waals surface area contributed by atoms with Crippen LogP contribution in [-0.4, -0.2) is 21.3 Å². The molecule has 0 amide bonds. The Morgan fingerprint density at radius 1 is 1.29 bits per heavy atom. The van der Waals surface area contributed by atoms with Crippen molar-refractivity contribution in [1.29, 1.82) is 0 Å². The molecule has 0 atom stereocenters. The molecule has 5 nitrogen and oxygen atoms in total. The summed E-state index contributed by atoms with van der Waals surface area (Å²) in [4.78, 5) is 22.6. The fourth-order valence-electron chi connectivity index (χ4n) is 1.50. The fraction of sp³-hybridized carbons (Fsp3) is 0.0833. The van der Waals surface area contributed by atoms with Crippen LogP contribution in [0.4, 0.5) is 0 Å². The summed E-state index contributed by atoms with van der Waals surface area (Å²) >= 11 is 0. The van der Waals surface area contributed by atoms with Crippen LogP contribution < -0.4 is 5.43 Å². The number of aryl methyl sites for hydroxylation is 1. The summed E-state index contributed by atoms with van der Waals surface area (Å²) in [5.41, 5.74) is 0.958. The topological polar surface area (TPSA) is 83.1 Å². The van der Waals surface area contributed by atoms with E-state index in [2.05, 4.69) is 10.2 Å². The molecular formula is C12H10N2O3. The minimum atomic E-state index is -1.33. The Morgan fingerprint density at radius 3 is 2.53 bits per heavy atom. The second-order valence-corrected chi connectivity index (χ2v) is 3.65. The van der Waals surface area contributed by atoms with Gasteiger partial charge in [-0.3, -0.25) is 9.89 Å². The molecule has 0 saturated heterocycles. The molecule has 2 rings (SSSR count). The van der Waals surface area contributed by atoms with Gasteiger partial charge >= 0.3 is 5.97 Å². The number of benzene rings is 1. The van der Waals surface area contributed by atoms with Gasteiger partial charge in [-0.2, -0.15) is 5.10 Å². The number of aromatic amines is 1. The number of carbonyl (C=O) groups is 1. The van der Waals surface area contributed by atoms with E-state index >= 15 is 0 Å². The number of nitrogens with zero attached hydrogens (tertiary/aromatic N) is 1. The van der Waals surface area contributed by atoms with Crippen molar-refractivity contribution in [3.8, 4) is 11.1 Å². The fourth-order valence-corrected chi connectivity index (χ4v) is 1.50. The number of carboxylic acid groups (broad SMARTS) is 1. The lowest BCUT2D eigenvalue weighted by Crippen LogP contribution is -2.19. The molecule has 0 unspecified atom stereocenters. The highest BCUT2D eigenvalue weighted by Crippen LogP contribution is 2.15. The average Bonchev–Trinajstić information content (AvgIpc) is 2.30. The Labute approximate surface area is 96.7 Å². The second-order valence-electron chi connectivity index (χ2n) is 3.65. The molecular weight excluding hydrogens is 220 g/mol. The summed E-state index contributed by atoms with van der Waals surface area (Å²) in [7, 11) is 0. The zero-order valence-corrected chi connectivity index (χ0v) is 9.10. The van der Waals surface area contributed by atoms with Gasteiger partial charge in [0.15, 0.2) is 0 Å². The zero-order valence-electron chi connectivity index (χ0n) is 9.10. The normalized spacial score (nSPS) is 10.2. The smallest absolute Gasteiger partial charge is 0.360 e. The first-order valence-corrected chi connectivity index (χ1v) is 4.98. The molecule has 0 radical (unpaired) electrons. The maximum atomic E-state index is 11.8. The highest BCUT2D eigenvalue weighted by molar-refractivity contribution is 5.86. The van der Waals surface area contributed by atoms with E-state index in [0.717, 1.165) is 5.56 Å². The van der Waals surface area contributed by atoms with Gasteiger partial charge in [-0.15, -0.1) is 0 Å². The summed E-state index contributed by atoms with van der Waals surface area (Å²) in [6.45, 7) is 1.93. The minimum Gasteiger partial charge on any atom is -0.476 e.